The van der Waals surface area contributed by atoms with Crippen LogP contribution < -0.4 is 5.73 Å². The Bertz CT molecular complexity index is 450. The fourth-order valence-corrected chi connectivity index (χ4v) is 1.48. The Hall–Kier alpha value is -1.39. The summed E-state index contributed by atoms with van der Waals surface area (Å²) in [6.45, 7) is 2.18. The summed E-state index contributed by atoms with van der Waals surface area (Å²) in [4.78, 5) is 4.17. The Morgan fingerprint density at radius 1 is 1.64 bits per heavy atom. The summed E-state index contributed by atoms with van der Waals surface area (Å²) < 4.78 is 1.92. The van der Waals surface area contributed by atoms with Crippen molar-refractivity contribution in [1.82, 2.24) is 9.38 Å². The number of aliphatic hydroxyl groups is 1. The van der Waals surface area contributed by atoms with E-state index in [0.717, 1.165) is 16.8 Å². The van der Waals surface area contributed by atoms with Crippen LogP contribution in [0.2, 0.25) is 0 Å². The number of aromatic nitrogens is 2. The molecule has 0 aromatic carbocycles. The Labute approximate surface area is 82.0 Å². The molecular weight excluding hydrogens is 178 g/mol. The molecule has 4 nitrogen and oxygen atoms in total. The normalized spacial score (nSPS) is 13.4. The molecule has 0 aliphatic heterocycles. The Balaban J connectivity index is 2.54. The molecule has 2 rings (SSSR count). The van der Waals surface area contributed by atoms with Crippen LogP contribution in [-0.2, 0) is 0 Å². The lowest BCUT2D eigenvalue weighted by atomic mass is 10.1. The lowest BCUT2D eigenvalue weighted by Gasteiger charge is -2.08. The highest BCUT2D eigenvalue weighted by atomic mass is 16.3. The monoisotopic (exact) mass is 191 g/mol. The predicted molar refractivity (Wildman–Crippen MR) is 53.9 cm³/mol. The number of hydrogen-bond donors (Lipinski definition) is 2. The smallest absolute Gasteiger partial charge is 0.0995 e. The summed E-state index contributed by atoms with van der Waals surface area (Å²) in [5, 5.41) is 9.56. The number of pyridine rings is 1. The van der Waals surface area contributed by atoms with Gasteiger partial charge in [0, 0.05) is 12.7 Å². The molecule has 1 unspecified atom stereocenters. The van der Waals surface area contributed by atoms with Crippen molar-refractivity contribution in [2.45, 2.75) is 13.0 Å². The number of nitrogens with two attached hydrogens (primary N) is 1. The summed E-state index contributed by atoms with van der Waals surface area (Å²) in [6, 6.07) is 3.77. The van der Waals surface area contributed by atoms with Gasteiger partial charge in [-0.3, -0.25) is 0 Å². The molecule has 0 aliphatic carbocycles. The standard InChI is InChI=1S/C10H13N3O/c1-7-9-4-8(10(14)5-11)2-3-13(9)6-12-7/h2-4,6,10,14H,5,11H2,1H3. The van der Waals surface area contributed by atoms with Crippen molar-refractivity contribution in [1.29, 1.82) is 0 Å². The fraction of sp³-hybridized carbons (Fsp3) is 0.300. The van der Waals surface area contributed by atoms with Gasteiger partial charge in [-0.15, -0.1) is 0 Å². The molecule has 2 heterocycles. The van der Waals surface area contributed by atoms with Crippen LogP contribution in [0.15, 0.2) is 24.7 Å². The zero-order chi connectivity index (χ0) is 10.1. The molecule has 74 valence electrons. The molecule has 0 spiro atoms. The van der Waals surface area contributed by atoms with Gasteiger partial charge in [0.15, 0.2) is 0 Å². The van der Waals surface area contributed by atoms with Gasteiger partial charge in [0.2, 0.25) is 0 Å². The number of fused-ring (bicyclic) bond motifs is 1. The topological polar surface area (TPSA) is 63.5 Å². The molecule has 0 saturated carbocycles. The van der Waals surface area contributed by atoms with Crippen LogP contribution in [0.4, 0.5) is 0 Å². The molecule has 0 aliphatic rings. The Morgan fingerprint density at radius 3 is 3.14 bits per heavy atom. The van der Waals surface area contributed by atoms with E-state index in [1.165, 1.54) is 0 Å². The van der Waals surface area contributed by atoms with Gasteiger partial charge >= 0.3 is 0 Å². The quantitative estimate of drug-likeness (QED) is 0.732. The number of aryl methyl sites for hydroxylation is 1. The highest BCUT2D eigenvalue weighted by Crippen LogP contribution is 2.16. The van der Waals surface area contributed by atoms with Crippen molar-refractivity contribution >= 4 is 5.52 Å². The summed E-state index contributed by atoms with van der Waals surface area (Å²) >= 11 is 0. The fourth-order valence-electron chi connectivity index (χ4n) is 1.48. The van der Waals surface area contributed by atoms with Crippen LogP contribution in [0, 0.1) is 6.92 Å². The van der Waals surface area contributed by atoms with E-state index >= 15 is 0 Å². The Kier molecular flexibility index (Phi) is 2.23. The van der Waals surface area contributed by atoms with Crippen molar-refractivity contribution in [3.63, 3.8) is 0 Å². The van der Waals surface area contributed by atoms with Gasteiger partial charge in [-0.05, 0) is 24.6 Å². The maximum Gasteiger partial charge on any atom is 0.0995 e. The zero-order valence-corrected chi connectivity index (χ0v) is 8.01. The van der Waals surface area contributed by atoms with Crippen LogP contribution in [0.3, 0.4) is 0 Å². The first-order valence-corrected chi connectivity index (χ1v) is 4.53. The summed E-state index contributed by atoms with van der Waals surface area (Å²) in [5.41, 5.74) is 8.19. The summed E-state index contributed by atoms with van der Waals surface area (Å²) in [5.74, 6) is 0. The first-order chi connectivity index (χ1) is 6.72. The largest absolute Gasteiger partial charge is 0.387 e. The Morgan fingerprint density at radius 2 is 2.43 bits per heavy atom. The minimum Gasteiger partial charge on any atom is -0.387 e. The first kappa shape index (κ1) is 9.18. The van der Waals surface area contributed by atoms with E-state index in [0.29, 0.717) is 0 Å². The molecule has 2 aromatic rings. The van der Waals surface area contributed by atoms with Crippen molar-refractivity contribution in [2.24, 2.45) is 5.73 Å². The van der Waals surface area contributed by atoms with E-state index in [2.05, 4.69) is 4.98 Å². The second-order valence-electron chi connectivity index (χ2n) is 3.33. The van der Waals surface area contributed by atoms with Crippen LogP contribution in [0.25, 0.3) is 5.52 Å². The molecule has 3 N–H and O–H groups in total. The molecular formula is C10H13N3O. The second kappa shape index (κ2) is 3.40. The third-order valence-electron chi connectivity index (χ3n) is 2.36. The third-order valence-corrected chi connectivity index (χ3v) is 2.36. The molecule has 0 fully saturated rings. The number of imidazole rings is 1. The highest BCUT2D eigenvalue weighted by molar-refractivity contribution is 5.53. The molecule has 0 amide bonds. The number of aliphatic hydroxyl groups excluding tert-OH is 1. The van der Waals surface area contributed by atoms with E-state index in [4.69, 9.17) is 5.73 Å². The molecule has 0 saturated heterocycles. The molecule has 0 bridgehead atoms. The molecule has 14 heavy (non-hydrogen) atoms. The predicted octanol–water partition coefficient (Wildman–Crippen LogP) is 0.635. The SMILES string of the molecule is Cc1ncn2ccc(C(O)CN)cc12. The third kappa shape index (κ3) is 1.38. The molecule has 1 atom stereocenters. The summed E-state index contributed by atoms with van der Waals surface area (Å²) in [7, 11) is 0. The van der Waals surface area contributed by atoms with Crippen LogP contribution in [-0.4, -0.2) is 21.0 Å². The zero-order valence-electron chi connectivity index (χ0n) is 8.01. The lowest BCUT2D eigenvalue weighted by Crippen LogP contribution is -2.11. The van der Waals surface area contributed by atoms with Gasteiger partial charge in [0.25, 0.3) is 0 Å². The second-order valence-corrected chi connectivity index (χ2v) is 3.33. The highest BCUT2D eigenvalue weighted by Gasteiger charge is 2.07. The van der Waals surface area contributed by atoms with Gasteiger partial charge in [0.1, 0.15) is 0 Å². The number of rotatable bonds is 2. The van der Waals surface area contributed by atoms with Gasteiger partial charge in [-0.2, -0.15) is 0 Å². The maximum atomic E-state index is 9.56. The van der Waals surface area contributed by atoms with Crippen LogP contribution in [0.5, 0.6) is 0 Å². The molecule has 0 radical (unpaired) electrons. The van der Waals surface area contributed by atoms with Crippen molar-refractivity contribution in [2.75, 3.05) is 6.54 Å². The van der Waals surface area contributed by atoms with Crippen LogP contribution in [0.1, 0.15) is 17.4 Å². The maximum absolute atomic E-state index is 9.56. The van der Waals surface area contributed by atoms with Gasteiger partial charge in [-0.1, -0.05) is 0 Å². The molecule has 2 aromatic heterocycles. The number of hydrogen-bond acceptors (Lipinski definition) is 3. The minimum absolute atomic E-state index is 0.239. The number of nitrogens with zero attached hydrogens (tertiary/aromatic N) is 2. The first-order valence-electron chi connectivity index (χ1n) is 4.53. The van der Waals surface area contributed by atoms with Crippen molar-refractivity contribution in [3.8, 4) is 0 Å². The van der Waals surface area contributed by atoms with Gasteiger partial charge in [0.05, 0.1) is 23.6 Å². The average Bonchev–Trinajstić information content (AvgIpc) is 2.59. The van der Waals surface area contributed by atoms with Crippen molar-refractivity contribution < 1.29 is 5.11 Å². The van der Waals surface area contributed by atoms with Gasteiger partial charge < -0.3 is 15.2 Å². The van der Waals surface area contributed by atoms with E-state index < -0.39 is 6.10 Å². The molecule has 4 heteroatoms. The van der Waals surface area contributed by atoms with E-state index in [9.17, 15) is 5.11 Å². The van der Waals surface area contributed by atoms with E-state index in [1.807, 2.05) is 29.7 Å². The van der Waals surface area contributed by atoms with Crippen molar-refractivity contribution in [3.05, 3.63) is 35.9 Å². The van der Waals surface area contributed by atoms with E-state index in [1.54, 1.807) is 6.33 Å². The summed E-state index contributed by atoms with van der Waals surface area (Å²) in [6.07, 6.45) is 3.04. The lowest BCUT2D eigenvalue weighted by molar-refractivity contribution is 0.187. The van der Waals surface area contributed by atoms with Gasteiger partial charge in [-0.25, -0.2) is 4.98 Å². The van der Waals surface area contributed by atoms with Crippen LogP contribution >= 0.6 is 0 Å². The average molecular weight is 191 g/mol. The minimum atomic E-state index is -0.589. The van der Waals surface area contributed by atoms with E-state index in [-0.39, 0.29) is 6.54 Å².